The molecule has 1 aromatic rings. The van der Waals surface area contributed by atoms with E-state index < -0.39 is 0 Å². The standard InChI is InChI=1S/C18H28N2/c1-16-6-8-17(9-7-16)18(10-4-3-5-11-18)20-14-12-19(2)13-15-20/h6-9H,3-5,10-15H2,1-2H3. The Labute approximate surface area is 123 Å². The minimum absolute atomic E-state index is 0.327. The third kappa shape index (κ3) is 2.64. The SMILES string of the molecule is Cc1ccc(C2(N3CCN(C)CC3)CCCCC2)cc1. The Morgan fingerprint density at radius 1 is 0.850 bits per heavy atom. The predicted molar refractivity (Wildman–Crippen MR) is 85.0 cm³/mol. The first-order valence-electron chi connectivity index (χ1n) is 8.21. The molecule has 0 spiro atoms. The second kappa shape index (κ2) is 5.87. The van der Waals surface area contributed by atoms with Gasteiger partial charge < -0.3 is 4.90 Å². The lowest BCUT2D eigenvalue weighted by atomic mass is 9.74. The number of hydrogen-bond acceptors (Lipinski definition) is 2. The van der Waals surface area contributed by atoms with E-state index in [-0.39, 0.29) is 0 Å². The van der Waals surface area contributed by atoms with Crippen LogP contribution in [0.3, 0.4) is 0 Å². The Hall–Kier alpha value is -0.860. The van der Waals surface area contributed by atoms with Gasteiger partial charge in [-0.3, -0.25) is 4.90 Å². The van der Waals surface area contributed by atoms with Crippen LogP contribution in [0.4, 0.5) is 0 Å². The van der Waals surface area contributed by atoms with Crippen LogP contribution in [0.5, 0.6) is 0 Å². The van der Waals surface area contributed by atoms with Crippen LogP contribution in [-0.4, -0.2) is 43.0 Å². The van der Waals surface area contributed by atoms with Gasteiger partial charge in [0.05, 0.1) is 0 Å². The summed E-state index contributed by atoms with van der Waals surface area (Å²) in [5, 5.41) is 0. The predicted octanol–water partition coefficient (Wildman–Crippen LogP) is 3.40. The van der Waals surface area contributed by atoms with Crippen LogP contribution in [0.15, 0.2) is 24.3 Å². The van der Waals surface area contributed by atoms with Crippen molar-refractivity contribution in [1.82, 2.24) is 9.80 Å². The molecule has 1 aliphatic heterocycles. The van der Waals surface area contributed by atoms with E-state index in [1.165, 1.54) is 63.8 Å². The zero-order valence-electron chi connectivity index (χ0n) is 13.1. The van der Waals surface area contributed by atoms with Crippen molar-refractivity contribution in [3.63, 3.8) is 0 Å². The number of likely N-dealkylation sites (N-methyl/N-ethyl adjacent to an activating group) is 1. The van der Waals surface area contributed by atoms with Gasteiger partial charge in [0.2, 0.25) is 0 Å². The first kappa shape index (κ1) is 14.1. The van der Waals surface area contributed by atoms with Crippen molar-refractivity contribution < 1.29 is 0 Å². The Bertz CT molecular complexity index is 423. The van der Waals surface area contributed by atoms with Gasteiger partial charge in [0.1, 0.15) is 0 Å². The molecule has 1 aliphatic carbocycles. The summed E-state index contributed by atoms with van der Waals surface area (Å²) in [6, 6.07) is 9.36. The first-order valence-corrected chi connectivity index (χ1v) is 8.21. The molecule has 110 valence electrons. The highest BCUT2D eigenvalue weighted by atomic mass is 15.3. The smallest absolute Gasteiger partial charge is 0.0461 e. The summed E-state index contributed by atoms with van der Waals surface area (Å²) in [5.41, 5.74) is 3.26. The minimum atomic E-state index is 0.327. The zero-order valence-corrected chi connectivity index (χ0v) is 13.1. The number of nitrogens with zero attached hydrogens (tertiary/aromatic N) is 2. The molecule has 1 heterocycles. The molecule has 0 atom stereocenters. The van der Waals surface area contributed by atoms with Gasteiger partial charge in [-0.1, -0.05) is 49.1 Å². The van der Waals surface area contributed by atoms with Gasteiger partial charge >= 0.3 is 0 Å². The van der Waals surface area contributed by atoms with Crippen molar-refractivity contribution in [2.24, 2.45) is 0 Å². The van der Waals surface area contributed by atoms with Gasteiger partial charge in [0, 0.05) is 31.7 Å². The monoisotopic (exact) mass is 272 g/mol. The van der Waals surface area contributed by atoms with Crippen molar-refractivity contribution in [2.45, 2.75) is 44.6 Å². The van der Waals surface area contributed by atoms with E-state index in [1.54, 1.807) is 5.56 Å². The van der Waals surface area contributed by atoms with E-state index in [0.717, 1.165) is 0 Å². The Balaban J connectivity index is 1.89. The van der Waals surface area contributed by atoms with Gasteiger partial charge in [0.15, 0.2) is 0 Å². The van der Waals surface area contributed by atoms with E-state index in [1.807, 2.05) is 0 Å². The fraction of sp³-hybridized carbons (Fsp3) is 0.667. The van der Waals surface area contributed by atoms with E-state index in [2.05, 4.69) is 48.0 Å². The van der Waals surface area contributed by atoms with Gasteiger partial charge in [-0.15, -0.1) is 0 Å². The molecule has 1 aromatic carbocycles. The number of rotatable bonds is 2. The highest BCUT2D eigenvalue weighted by Crippen LogP contribution is 2.42. The number of aryl methyl sites for hydroxylation is 1. The molecular formula is C18H28N2. The van der Waals surface area contributed by atoms with Crippen LogP contribution in [-0.2, 0) is 5.54 Å². The van der Waals surface area contributed by atoms with Crippen LogP contribution in [0, 0.1) is 6.92 Å². The normalized spacial score (nSPS) is 24.7. The molecule has 0 bridgehead atoms. The maximum Gasteiger partial charge on any atom is 0.0461 e. The number of piperazine rings is 1. The Morgan fingerprint density at radius 2 is 1.45 bits per heavy atom. The summed E-state index contributed by atoms with van der Waals surface area (Å²) in [6.45, 7) is 7.07. The van der Waals surface area contributed by atoms with Crippen molar-refractivity contribution in [1.29, 1.82) is 0 Å². The summed E-state index contributed by atoms with van der Waals surface area (Å²) in [7, 11) is 2.25. The van der Waals surface area contributed by atoms with E-state index >= 15 is 0 Å². The molecule has 0 aromatic heterocycles. The molecule has 1 saturated heterocycles. The fourth-order valence-corrected chi connectivity index (χ4v) is 4.02. The highest BCUT2D eigenvalue weighted by Gasteiger charge is 2.40. The van der Waals surface area contributed by atoms with E-state index in [9.17, 15) is 0 Å². The van der Waals surface area contributed by atoms with Crippen LogP contribution >= 0.6 is 0 Å². The molecule has 20 heavy (non-hydrogen) atoms. The summed E-state index contributed by atoms with van der Waals surface area (Å²) in [5.74, 6) is 0. The molecule has 0 N–H and O–H groups in total. The molecule has 3 rings (SSSR count). The molecular weight excluding hydrogens is 244 g/mol. The van der Waals surface area contributed by atoms with Crippen molar-refractivity contribution in [3.8, 4) is 0 Å². The number of benzene rings is 1. The maximum absolute atomic E-state index is 2.79. The lowest BCUT2D eigenvalue weighted by molar-refractivity contribution is 0.0102. The molecule has 2 fully saturated rings. The molecule has 0 radical (unpaired) electrons. The quantitative estimate of drug-likeness (QED) is 0.814. The lowest BCUT2D eigenvalue weighted by Crippen LogP contribution is -2.55. The van der Waals surface area contributed by atoms with E-state index in [4.69, 9.17) is 0 Å². The summed E-state index contributed by atoms with van der Waals surface area (Å²) < 4.78 is 0. The number of hydrogen-bond donors (Lipinski definition) is 0. The van der Waals surface area contributed by atoms with Crippen molar-refractivity contribution in [2.75, 3.05) is 33.2 Å². The molecule has 0 amide bonds. The molecule has 0 unspecified atom stereocenters. The molecule has 2 aliphatic rings. The fourth-order valence-electron chi connectivity index (χ4n) is 4.02. The van der Waals surface area contributed by atoms with Crippen LogP contribution in [0.1, 0.15) is 43.2 Å². The maximum atomic E-state index is 2.79. The van der Waals surface area contributed by atoms with Gasteiger partial charge in [-0.2, -0.15) is 0 Å². The molecule has 2 nitrogen and oxygen atoms in total. The van der Waals surface area contributed by atoms with Crippen molar-refractivity contribution >= 4 is 0 Å². The Kier molecular flexibility index (Phi) is 4.13. The topological polar surface area (TPSA) is 6.48 Å². The van der Waals surface area contributed by atoms with Crippen LogP contribution in [0.2, 0.25) is 0 Å². The zero-order chi connectivity index (χ0) is 14.0. The summed E-state index contributed by atoms with van der Waals surface area (Å²) in [6.07, 6.45) is 6.89. The second-order valence-corrected chi connectivity index (χ2v) is 6.75. The largest absolute Gasteiger partial charge is 0.304 e. The third-order valence-electron chi connectivity index (χ3n) is 5.38. The van der Waals surface area contributed by atoms with Gasteiger partial charge in [-0.05, 0) is 32.4 Å². The third-order valence-corrected chi connectivity index (χ3v) is 5.38. The molecule has 2 heteroatoms. The second-order valence-electron chi connectivity index (χ2n) is 6.75. The van der Waals surface area contributed by atoms with Gasteiger partial charge in [-0.25, -0.2) is 0 Å². The van der Waals surface area contributed by atoms with Crippen LogP contribution < -0.4 is 0 Å². The average Bonchev–Trinajstić information content (AvgIpc) is 2.49. The minimum Gasteiger partial charge on any atom is -0.304 e. The Morgan fingerprint density at radius 3 is 2.05 bits per heavy atom. The first-order chi connectivity index (χ1) is 9.71. The van der Waals surface area contributed by atoms with E-state index in [0.29, 0.717) is 5.54 Å². The summed E-state index contributed by atoms with van der Waals surface area (Å²) in [4.78, 5) is 5.25. The molecule has 1 saturated carbocycles. The summed E-state index contributed by atoms with van der Waals surface area (Å²) >= 11 is 0. The van der Waals surface area contributed by atoms with Crippen molar-refractivity contribution in [3.05, 3.63) is 35.4 Å². The average molecular weight is 272 g/mol. The van der Waals surface area contributed by atoms with Crippen LogP contribution in [0.25, 0.3) is 0 Å². The van der Waals surface area contributed by atoms with Gasteiger partial charge in [0.25, 0.3) is 0 Å². The lowest BCUT2D eigenvalue weighted by Gasteiger charge is -2.50. The highest BCUT2D eigenvalue weighted by molar-refractivity contribution is 5.29.